The molecule has 0 amide bonds. The molecule has 0 saturated heterocycles. The Morgan fingerprint density at radius 1 is 1.26 bits per heavy atom. The average molecular weight is 298 g/mol. The van der Waals surface area contributed by atoms with Gasteiger partial charge in [0.05, 0.1) is 16.3 Å². The minimum Gasteiger partial charge on any atom is -0.326 e. The van der Waals surface area contributed by atoms with Crippen molar-refractivity contribution in [1.29, 1.82) is 0 Å². The molecule has 0 spiro atoms. The third-order valence-corrected chi connectivity index (χ3v) is 3.43. The molecule has 0 fully saturated rings. The monoisotopic (exact) mass is 297 g/mol. The normalized spacial score (nSPS) is 11.9. The second kappa shape index (κ2) is 5.16. The predicted molar refractivity (Wildman–Crippen MR) is 80.6 cm³/mol. The van der Waals surface area contributed by atoms with Gasteiger partial charge in [0.15, 0.2) is 0 Å². The number of aromatic nitrogens is 2. The van der Waals surface area contributed by atoms with Crippen LogP contribution in [0.15, 0.2) is 24.4 Å². The lowest BCUT2D eigenvalue weighted by atomic mass is 10.1. The van der Waals surface area contributed by atoms with Gasteiger partial charge in [-0.05, 0) is 39.0 Å². The molecule has 5 heteroatoms. The molecular formula is C14H17Cl2N3. The van der Waals surface area contributed by atoms with Gasteiger partial charge >= 0.3 is 0 Å². The molecule has 1 aromatic heterocycles. The Kier molecular flexibility index (Phi) is 3.90. The van der Waals surface area contributed by atoms with Crippen LogP contribution in [0.5, 0.6) is 0 Å². The van der Waals surface area contributed by atoms with E-state index in [0.29, 0.717) is 16.6 Å². The molecular weight excluding hydrogens is 281 g/mol. The molecule has 2 N–H and O–H groups in total. The summed E-state index contributed by atoms with van der Waals surface area (Å²) < 4.78 is 1.91. The van der Waals surface area contributed by atoms with E-state index in [1.165, 1.54) is 0 Å². The number of nitrogens with two attached hydrogens (primary N) is 1. The van der Waals surface area contributed by atoms with Gasteiger partial charge in [0.1, 0.15) is 0 Å². The number of rotatable bonds is 2. The fourth-order valence-corrected chi connectivity index (χ4v) is 2.31. The van der Waals surface area contributed by atoms with Gasteiger partial charge in [-0.3, -0.25) is 4.68 Å². The highest BCUT2D eigenvalue weighted by atomic mass is 35.5. The van der Waals surface area contributed by atoms with E-state index >= 15 is 0 Å². The molecule has 2 rings (SSSR count). The zero-order chi connectivity index (χ0) is 14.2. The SMILES string of the molecule is CC(C)(C)n1cc(CN)c(-c2ccc(Cl)cc2Cl)n1. The third-order valence-electron chi connectivity index (χ3n) is 2.88. The molecule has 0 bridgehead atoms. The summed E-state index contributed by atoms with van der Waals surface area (Å²) in [6.45, 7) is 6.69. The molecule has 0 aliphatic heterocycles. The van der Waals surface area contributed by atoms with Gasteiger partial charge in [-0.1, -0.05) is 23.2 Å². The molecule has 19 heavy (non-hydrogen) atoms. The minimum absolute atomic E-state index is 0.0962. The number of nitrogens with zero attached hydrogens (tertiary/aromatic N) is 2. The summed E-state index contributed by atoms with van der Waals surface area (Å²) in [5, 5.41) is 5.82. The van der Waals surface area contributed by atoms with E-state index in [4.69, 9.17) is 28.9 Å². The fourth-order valence-electron chi connectivity index (χ4n) is 1.81. The van der Waals surface area contributed by atoms with Gasteiger partial charge in [-0.25, -0.2) is 0 Å². The highest BCUT2D eigenvalue weighted by Gasteiger charge is 2.19. The van der Waals surface area contributed by atoms with Gasteiger partial charge in [-0.2, -0.15) is 5.10 Å². The number of halogens is 2. The molecule has 0 aliphatic rings. The Hall–Kier alpha value is -1.03. The third kappa shape index (κ3) is 2.94. The molecule has 0 radical (unpaired) electrons. The summed E-state index contributed by atoms with van der Waals surface area (Å²) in [5.74, 6) is 0. The van der Waals surface area contributed by atoms with Crippen LogP contribution in [0.4, 0.5) is 0 Å². The average Bonchev–Trinajstić information content (AvgIpc) is 2.72. The Bertz CT molecular complexity index is 597. The first-order valence-electron chi connectivity index (χ1n) is 6.07. The van der Waals surface area contributed by atoms with Gasteiger partial charge in [-0.15, -0.1) is 0 Å². The Morgan fingerprint density at radius 2 is 1.95 bits per heavy atom. The van der Waals surface area contributed by atoms with Crippen molar-refractivity contribution in [3.8, 4) is 11.3 Å². The van der Waals surface area contributed by atoms with Crippen molar-refractivity contribution < 1.29 is 0 Å². The van der Waals surface area contributed by atoms with Crippen LogP contribution in [0.25, 0.3) is 11.3 Å². The quantitative estimate of drug-likeness (QED) is 0.908. The van der Waals surface area contributed by atoms with E-state index in [2.05, 4.69) is 25.9 Å². The van der Waals surface area contributed by atoms with Crippen molar-refractivity contribution in [2.45, 2.75) is 32.9 Å². The lowest BCUT2D eigenvalue weighted by Crippen LogP contribution is -2.22. The van der Waals surface area contributed by atoms with Crippen LogP contribution in [-0.4, -0.2) is 9.78 Å². The van der Waals surface area contributed by atoms with Crippen LogP contribution in [0.2, 0.25) is 10.0 Å². The second-order valence-corrected chi connectivity index (χ2v) is 6.29. The Labute approximate surface area is 123 Å². The van der Waals surface area contributed by atoms with Crippen molar-refractivity contribution in [3.05, 3.63) is 40.0 Å². The largest absolute Gasteiger partial charge is 0.326 e. The van der Waals surface area contributed by atoms with E-state index in [1.54, 1.807) is 12.1 Å². The number of hydrogen-bond acceptors (Lipinski definition) is 2. The summed E-state index contributed by atoms with van der Waals surface area (Å²) in [7, 11) is 0. The Balaban J connectivity index is 2.58. The van der Waals surface area contributed by atoms with E-state index in [1.807, 2.05) is 16.9 Å². The van der Waals surface area contributed by atoms with E-state index < -0.39 is 0 Å². The molecule has 1 heterocycles. The van der Waals surface area contributed by atoms with Crippen LogP contribution in [0, 0.1) is 0 Å². The zero-order valence-corrected chi connectivity index (χ0v) is 12.8. The summed E-state index contributed by atoms with van der Waals surface area (Å²) in [6.07, 6.45) is 1.97. The molecule has 0 atom stereocenters. The first-order chi connectivity index (χ1) is 8.82. The van der Waals surface area contributed by atoms with Gasteiger partial charge in [0.2, 0.25) is 0 Å². The summed E-state index contributed by atoms with van der Waals surface area (Å²) >= 11 is 12.2. The fraction of sp³-hybridized carbons (Fsp3) is 0.357. The maximum atomic E-state index is 6.24. The Morgan fingerprint density at radius 3 is 2.47 bits per heavy atom. The van der Waals surface area contributed by atoms with E-state index in [-0.39, 0.29) is 5.54 Å². The van der Waals surface area contributed by atoms with Crippen molar-refractivity contribution in [1.82, 2.24) is 9.78 Å². The van der Waals surface area contributed by atoms with Crippen molar-refractivity contribution in [2.24, 2.45) is 5.73 Å². The van der Waals surface area contributed by atoms with Gasteiger partial charge < -0.3 is 5.73 Å². The number of hydrogen-bond donors (Lipinski definition) is 1. The summed E-state index contributed by atoms with van der Waals surface area (Å²) in [6, 6.07) is 5.40. The van der Waals surface area contributed by atoms with Crippen LogP contribution in [-0.2, 0) is 12.1 Å². The van der Waals surface area contributed by atoms with E-state index in [9.17, 15) is 0 Å². The predicted octanol–water partition coefficient (Wildman–Crippen LogP) is 4.07. The second-order valence-electron chi connectivity index (χ2n) is 5.45. The summed E-state index contributed by atoms with van der Waals surface area (Å²) in [4.78, 5) is 0. The number of benzene rings is 1. The topological polar surface area (TPSA) is 43.8 Å². The van der Waals surface area contributed by atoms with Crippen LogP contribution in [0.3, 0.4) is 0 Å². The first-order valence-corrected chi connectivity index (χ1v) is 6.83. The summed E-state index contributed by atoms with van der Waals surface area (Å²) in [5.41, 5.74) is 8.35. The molecule has 0 saturated carbocycles. The zero-order valence-electron chi connectivity index (χ0n) is 11.2. The van der Waals surface area contributed by atoms with Crippen LogP contribution in [0.1, 0.15) is 26.3 Å². The molecule has 102 valence electrons. The lowest BCUT2D eigenvalue weighted by Gasteiger charge is -2.18. The molecule has 0 unspecified atom stereocenters. The molecule has 2 aromatic rings. The van der Waals surface area contributed by atoms with Crippen molar-refractivity contribution >= 4 is 23.2 Å². The maximum Gasteiger partial charge on any atom is 0.0983 e. The van der Waals surface area contributed by atoms with Crippen LogP contribution >= 0.6 is 23.2 Å². The van der Waals surface area contributed by atoms with Gasteiger partial charge in [0, 0.05) is 28.9 Å². The lowest BCUT2D eigenvalue weighted by molar-refractivity contribution is 0.356. The smallest absolute Gasteiger partial charge is 0.0983 e. The molecule has 1 aromatic carbocycles. The minimum atomic E-state index is -0.0962. The van der Waals surface area contributed by atoms with E-state index in [0.717, 1.165) is 16.8 Å². The molecule has 3 nitrogen and oxygen atoms in total. The highest BCUT2D eigenvalue weighted by Crippen LogP contribution is 2.32. The maximum absolute atomic E-state index is 6.24. The standard InChI is InChI=1S/C14H17Cl2N3/c1-14(2,3)19-8-9(7-17)13(18-19)11-5-4-10(15)6-12(11)16/h4-6,8H,7,17H2,1-3H3. The first kappa shape index (κ1) is 14.4. The molecule has 0 aliphatic carbocycles. The van der Waals surface area contributed by atoms with Crippen molar-refractivity contribution in [3.63, 3.8) is 0 Å². The van der Waals surface area contributed by atoms with Crippen LogP contribution < -0.4 is 5.73 Å². The van der Waals surface area contributed by atoms with Crippen molar-refractivity contribution in [2.75, 3.05) is 0 Å². The van der Waals surface area contributed by atoms with Gasteiger partial charge in [0.25, 0.3) is 0 Å². The highest BCUT2D eigenvalue weighted by molar-refractivity contribution is 6.36.